The molecule has 3 rings (SSSR count). The smallest absolute Gasteiger partial charge is 0.251 e. The molecular formula is C17H18N2O2S3. The van der Waals surface area contributed by atoms with Crippen molar-refractivity contribution < 1.29 is 9.59 Å². The summed E-state index contributed by atoms with van der Waals surface area (Å²) in [6, 6.07) is 7.61. The maximum Gasteiger partial charge on any atom is 0.251 e. The monoisotopic (exact) mass is 378 g/mol. The average molecular weight is 379 g/mol. The second-order valence-corrected chi connectivity index (χ2v) is 8.32. The molecule has 2 heterocycles. The molecule has 0 bridgehead atoms. The third kappa shape index (κ3) is 4.78. The highest BCUT2D eigenvalue weighted by Gasteiger charge is 2.15. The summed E-state index contributed by atoms with van der Waals surface area (Å²) in [5, 5.41) is 10.0. The molecule has 4 nitrogen and oxygen atoms in total. The number of rotatable bonds is 6. The Morgan fingerprint density at radius 2 is 2.25 bits per heavy atom. The number of nitrogens with one attached hydrogen (secondary N) is 2. The van der Waals surface area contributed by atoms with Crippen molar-refractivity contribution in [3.05, 3.63) is 46.2 Å². The molecule has 24 heavy (non-hydrogen) atoms. The van der Waals surface area contributed by atoms with Crippen LogP contribution in [0.15, 0.2) is 39.9 Å². The van der Waals surface area contributed by atoms with Crippen LogP contribution in [0.1, 0.15) is 22.3 Å². The fourth-order valence-electron chi connectivity index (χ4n) is 2.26. The predicted molar refractivity (Wildman–Crippen MR) is 103 cm³/mol. The fraction of sp³-hybridized carbons (Fsp3) is 0.294. The molecule has 0 fully saturated rings. The molecule has 0 aliphatic carbocycles. The molecule has 2 aromatic rings. The highest BCUT2D eigenvalue weighted by molar-refractivity contribution is 7.99. The van der Waals surface area contributed by atoms with Crippen LogP contribution in [-0.2, 0) is 10.5 Å². The summed E-state index contributed by atoms with van der Waals surface area (Å²) in [5.41, 5.74) is 2.65. The zero-order valence-corrected chi connectivity index (χ0v) is 15.5. The normalized spacial score (nSPS) is 13.8. The van der Waals surface area contributed by atoms with Gasteiger partial charge in [-0.2, -0.15) is 23.1 Å². The summed E-state index contributed by atoms with van der Waals surface area (Å²) in [6.07, 6.45) is 0.502. The quantitative estimate of drug-likeness (QED) is 0.750. The van der Waals surface area contributed by atoms with Crippen LogP contribution in [0.3, 0.4) is 0 Å². The highest BCUT2D eigenvalue weighted by Crippen LogP contribution is 2.31. The molecule has 126 valence electrons. The molecule has 1 aliphatic rings. The Hall–Kier alpha value is -1.44. The molecule has 0 saturated carbocycles. The molecular weight excluding hydrogens is 360 g/mol. The largest absolute Gasteiger partial charge is 0.351 e. The van der Waals surface area contributed by atoms with Crippen LogP contribution in [0.2, 0.25) is 0 Å². The lowest BCUT2D eigenvalue weighted by Crippen LogP contribution is -2.26. The van der Waals surface area contributed by atoms with Crippen LogP contribution in [-0.4, -0.2) is 29.9 Å². The Labute approximate surface area is 153 Å². The van der Waals surface area contributed by atoms with Gasteiger partial charge >= 0.3 is 0 Å². The molecule has 0 spiro atoms. The highest BCUT2D eigenvalue weighted by atomic mass is 32.2. The van der Waals surface area contributed by atoms with E-state index in [1.54, 1.807) is 40.9 Å². The summed E-state index contributed by atoms with van der Waals surface area (Å²) < 4.78 is 0. The Bertz CT molecular complexity index is 717. The number of thioether (sulfide) groups is 2. The van der Waals surface area contributed by atoms with E-state index in [0.29, 0.717) is 18.5 Å². The first-order valence-corrected chi connectivity index (χ1v) is 10.7. The van der Waals surface area contributed by atoms with E-state index in [4.69, 9.17) is 0 Å². The Balaban J connectivity index is 1.49. The standard InChI is InChI=1S/C17H18N2O2S3/c20-16-4-7-24-15-2-1-13(9-14(15)19-16)17(21)18-5-8-23-11-12-3-6-22-10-12/h1-3,6,9-10H,4-5,7-8,11H2,(H,18,21)(H,19,20). The van der Waals surface area contributed by atoms with E-state index in [2.05, 4.69) is 27.5 Å². The minimum absolute atomic E-state index is 0.00337. The number of hydrogen-bond donors (Lipinski definition) is 2. The number of amides is 2. The van der Waals surface area contributed by atoms with Crippen LogP contribution >= 0.6 is 34.9 Å². The first-order valence-electron chi connectivity index (χ1n) is 7.66. The van der Waals surface area contributed by atoms with Crippen molar-refractivity contribution in [2.75, 3.05) is 23.4 Å². The Morgan fingerprint density at radius 3 is 3.08 bits per heavy atom. The molecule has 0 atom stereocenters. The van der Waals surface area contributed by atoms with Gasteiger partial charge in [0.05, 0.1) is 5.69 Å². The third-order valence-corrected chi connectivity index (χ3v) is 6.32. The predicted octanol–water partition coefficient (Wildman–Crippen LogP) is 3.85. The Kier molecular flexibility index (Phi) is 6.23. The number of carbonyl (C=O) groups is 2. The molecule has 0 unspecified atom stereocenters. The van der Waals surface area contributed by atoms with Crippen LogP contribution in [0.25, 0.3) is 0 Å². The van der Waals surface area contributed by atoms with E-state index in [0.717, 1.165) is 27.8 Å². The van der Waals surface area contributed by atoms with Crippen molar-refractivity contribution in [3.63, 3.8) is 0 Å². The summed E-state index contributed by atoms with van der Waals surface area (Å²) in [6.45, 7) is 0.631. The lowest BCUT2D eigenvalue weighted by molar-refractivity contribution is -0.115. The molecule has 1 aromatic carbocycles. The number of benzene rings is 1. The summed E-state index contributed by atoms with van der Waals surface area (Å²) in [4.78, 5) is 24.9. The zero-order chi connectivity index (χ0) is 16.8. The van der Waals surface area contributed by atoms with Crippen LogP contribution in [0.4, 0.5) is 5.69 Å². The van der Waals surface area contributed by atoms with Gasteiger partial charge in [0.2, 0.25) is 5.91 Å². The van der Waals surface area contributed by atoms with Crippen molar-refractivity contribution in [1.82, 2.24) is 5.32 Å². The number of anilines is 1. The van der Waals surface area contributed by atoms with Crippen molar-refractivity contribution in [2.45, 2.75) is 17.1 Å². The first-order chi connectivity index (χ1) is 11.7. The van der Waals surface area contributed by atoms with E-state index in [1.807, 2.05) is 12.1 Å². The van der Waals surface area contributed by atoms with E-state index in [-0.39, 0.29) is 11.8 Å². The van der Waals surface area contributed by atoms with Gasteiger partial charge in [-0.1, -0.05) is 0 Å². The second-order valence-electron chi connectivity index (χ2n) is 5.30. The number of thiophene rings is 1. The van der Waals surface area contributed by atoms with E-state index < -0.39 is 0 Å². The molecule has 1 aliphatic heterocycles. The Morgan fingerprint density at radius 1 is 1.33 bits per heavy atom. The molecule has 7 heteroatoms. The number of hydrogen-bond acceptors (Lipinski definition) is 5. The second kappa shape index (κ2) is 8.60. The van der Waals surface area contributed by atoms with Gasteiger partial charge in [-0.3, -0.25) is 9.59 Å². The van der Waals surface area contributed by atoms with E-state index in [1.165, 1.54) is 5.56 Å². The molecule has 0 saturated heterocycles. The van der Waals surface area contributed by atoms with Crippen molar-refractivity contribution in [3.8, 4) is 0 Å². The number of carbonyl (C=O) groups excluding carboxylic acids is 2. The maximum absolute atomic E-state index is 12.3. The van der Waals surface area contributed by atoms with Crippen molar-refractivity contribution in [1.29, 1.82) is 0 Å². The topological polar surface area (TPSA) is 58.2 Å². The van der Waals surface area contributed by atoms with Gasteiger partial charge in [0.1, 0.15) is 0 Å². The lowest BCUT2D eigenvalue weighted by atomic mass is 10.2. The van der Waals surface area contributed by atoms with Gasteiger partial charge in [0.25, 0.3) is 5.91 Å². The van der Waals surface area contributed by atoms with Crippen molar-refractivity contribution >= 4 is 52.4 Å². The van der Waals surface area contributed by atoms with Crippen molar-refractivity contribution in [2.24, 2.45) is 0 Å². The summed E-state index contributed by atoms with van der Waals surface area (Å²) in [5.74, 6) is 2.52. The molecule has 0 radical (unpaired) electrons. The zero-order valence-electron chi connectivity index (χ0n) is 13.0. The van der Waals surface area contributed by atoms with Gasteiger partial charge in [0.15, 0.2) is 0 Å². The lowest BCUT2D eigenvalue weighted by Gasteiger charge is -2.09. The van der Waals surface area contributed by atoms with E-state index >= 15 is 0 Å². The van der Waals surface area contributed by atoms with E-state index in [9.17, 15) is 9.59 Å². The summed E-state index contributed by atoms with van der Waals surface area (Å²) >= 11 is 5.15. The summed E-state index contributed by atoms with van der Waals surface area (Å²) in [7, 11) is 0. The third-order valence-electron chi connectivity index (χ3n) is 3.48. The fourth-order valence-corrected chi connectivity index (χ4v) is 4.78. The van der Waals surface area contributed by atoms with Crippen LogP contribution < -0.4 is 10.6 Å². The molecule has 2 amide bonds. The van der Waals surface area contributed by atoms with Gasteiger partial charge in [-0.05, 0) is 40.6 Å². The van der Waals surface area contributed by atoms with Gasteiger partial charge in [-0.25, -0.2) is 0 Å². The number of fused-ring (bicyclic) bond motifs is 1. The van der Waals surface area contributed by atoms with Gasteiger partial charge < -0.3 is 10.6 Å². The average Bonchev–Trinajstić information content (AvgIpc) is 3.01. The van der Waals surface area contributed by atoms with Crippen LogP contribution in [0, 0.1) is 0 Å². The molecule has 1 aromatic heterocycles. The minimum Gasteiger partial charge on any atom is -0.351 e. The van der Waals surface area contributed by atoms with Crippen LogP contribution in [0.5, 0.6) is 0 Å². The molecule has 2 N–H and O–H groups in total. The SMILES string of the molecule is O=C1CCSc2ccc(C(=O)NCCSCc3ccsc3)cc2N1. The maximum atomic E-state index is 12.3. The first kappa shape index (κ1) is 17.4. The van der Waals surface area contributed by atoms with Gasteiger partial charge in [0, 0.05) is 40.7 Å². The minimum atomic E-state index is -0.0996. The van der Waals surface area contributed by atoms with Gasteiger partial charge in [-0.15, -0.1) is 11.8 Å².